The van der Waals surface area contributed by atoms with E-state index >= 15 is 0 Å². The first-order valence-electron chi connectivity index (χ1n) is 6.67. The molecule has 0 aliphatic rings. The van der Waals surface area contributed by atoms with E-state index in [0.29, 0.717) is 11.1 Å². The Morgan fingerprint density at radius 1 is 1.14 bits per heavy atom. The normalized spacial score (nSPS) is 10.5. The van der Waals surface area contributed by atoms with Crippen molar-refractivity contribution in [1.82, 2.24) is 0 Å². The van der Waals surface area contributed by atoms with Crippen molar-refractivity contribution in [3.8, 4) is 16.9 Å². The van der Waals surface area contributed by atoms with Gasteiger partial charge in [-0.25, -0.2) is 4.79 Å². The topological polar surface area (TPSA) is 89.7 Å². The molecule has 0 radical (unpaired) electrons. The second-order valence-corrected chi connectivity index (χ2v) is 4.99. The summed E-state index contributed by atoms with van der Waals surface area (Å²) in [4.78, 5) is 21.5. The molecular formula is C16H15NO5. The highest BCUT2D eigenvalue weighted by molar-refractivity contribution is 5.88. The van der Waals surface area contributed by atoms with Gasteiger partial charge in [-0.3, -0.25) is 10.1 Å². The molecule has 0 aliphatic carbocycles. The molecule has 0 spiro atoms. The van der Waals surface area contributed by atoms with Crippen molar-refractivity contribution in [1.29, 1.82) is 0 Å². The van der Waals surface area contributed by atoms with Gasteiger partial charge in [0.1, 0.15) is 0 Å². The average molecular weight is 301 g/mol. The Morgan fingerprint density at radius 2 is 1.73 bits per heavy atom. The molecule has 2 aromatic rings. The maximum Gasteiger partial charge on any atom is 0.335 e. The number of ether oxygens (including phenoxy) is 1. The van der Waals surface area contributed by atoms with Crippen molar-refractivity contribution < 1.29 is 19.6 Å². The van der Waals surface area contributed by atoms with Crippen LogP contribution in [0.4, 0.5) is 5.69 Å². The second kappa shape index (κ2) is 6.26. The van der Waals surface area contributed by atoms with Gasteiger partial charge in [0.05, 0.1) is 16.6 Å². The summed E-state index contributed by atoms with van der Waals surface area (Å²) in [5.74, 6) is -0.802. The summed E-state index contributed by atoms with van der Waals surface area (Å²) in [5, 5.41) is 20.1. The number of nitrogens with zero attached hydrogens (tertiary/aromatic N) is 1. The highest BCUT2D eigenvalue weighted by Crippen LogP contribution is 2.33. The van der Waals surface area contributed by atoms with Crippen LogP contribution in [0.15, 0.2) is 42.5 Å². The quantitative estimate of drug-likeness (QED) is 0.671. The van der Waals surface area contributed by atoms with Crippen molar-refractivity contribution in [2.75, 3.05) is 0 Å². The molecule has 2 rings (SSSR count). The van der Waals surface area contributed by atoms with Gasteiger partial charge in [-0.2, -0.15) is 0 Å². The van der Waals surface area contributed by atoms with Gasteiger partial charge in [0.25, 0.3) is 0 Å². The minimum atomic E-state index is -1.02. The lowest BCUT2D eigenvalue weighted by atomic mass is 10.0. The van der Waals surface area contributed by atoms with Gasteiger partial charge in [-0.1, -0.05) is 18.2 Å². The van der Waals surface area contributed by atoms with Gasteiger partial charge in [0.2, 0.25) is 0 Å². The smallest absolute Gasteiger partial charge is 0.335 e. The van der Waals surface area contributed by atoms with Crippen LogP contribution in [0.1, 0.15) is 24.2 Å². The van der Waals surface area contributed by atoms with Crippen LogP contribution >= 0.6 is 0 Å². The SMILES string of the molecule is CC(C)Oc1ccc(-c2ccc(C(=O)O)cc2)cc1[N+](=O)[O-]. The largest absolute Gasteiger partial charge is 0.484 e. The number of benzene rings is 2. The molecule has 0 unspecified atom stereocenters. The van der Waals surface area contributed by atoms with Gasteiger partial charge >= 0.3 is 11.7 Å². The lowest BCUT2D eigenvalue weighted by molar-refractivity contribution is -0.386. The Kier molecular flexibility index (Phi) is 4.41. The predicted molar refractivity (Wildman–Crippen MR) is 81.3 cm³/mol. The number of hydrogen-bond acceptors (Lipinski definition) is 4. The molecule has 0 atom stereocenters. The van der Waals surface area contributed by atoms with Gasteiger partial charge in [0.15, 0.2) is 5.75 Å². The Labute approximate surface area is 127 Å². The Balaban J connectivity index is 2.41. The molecule has 2 aromatic carbocycles. The molecule has 0 saturated carbocycles. The summed E-state index contributed by atoms with van der Waals surface area (Å²) in [7, 11) is 0. The first-order chi connectivity index (χ1) is 10.4. The summed E-state index contributed by atoms with van der Waals surface area (Å²) in [5.41, 5.74) is 1.37. The average Bonchev–Trinajstić information content (AvgIpc) is 2.47. The first kappa shape index (κ1) is 15.5. The van der Waals surface area contributed by atoms with Gasteiger partial charge < -0.3 is 9.84 Å². The lowest BCUT2D eigenvalue weighted by Crippen LogP contribution is -2.07. The van der Waals surface area contributed by atoms with E-state index in [1.165, 1.54) is 18.2 Å². The number of aromatic carboxylic acids is 1. The second-order valence-electron chi connectivity index (χ2n) is 4.99. The Morgan fingerprint density at radius 3 is 2.23 bits per heavy atom. The van der Waals surface area contributed by atoms with Crippen LogP contribution in [0, 0.1) is 10.1 Å². The van der Waals surface area contributed by atoms with E-state index in [1.807, 2.05) is 0 Å². The zero-order valence-electron chi connectivity index (χ0n) is 12.1. The molecule has 0 amide bonds. The molecule has 1 N–H and O–H groups in total. The molecule has 0 heterocycles. The van der Waals surface area contributed by atoms with E-state index in [4.69, 9.17) is 9.84 Å². The summed E-state index contributed by atoms with van der Waals surface area (Å²) < 4.78 is 5.43. The third-order valence-electron chi connectivity index (χ3n) is 2.98. The van der Waals surface area contributed by atoms with Crippen LogP contribution in [0.2, 0.25) is 0 Å². The molecule has 0 saturated heterocycles. The molecule has 6 nitrogen and oxygen atoms in total. The molecular weight excluding hydrogens is 286 g/mol. The summed E-state index contributed by atoms with van der Waals surface area (Å²) in [6.07, 6.45) is -0.167. The third-order valence-corrected chi connectivity index (χ3v) is 2.98. The number of rotatable bonds is 5. The maximum atomic E-state index is 11.2. The van der Waals surface area contributed by atoms with Crippen molar-refractivity contribution in [2.24, 2.45) is 0 Å². The third kappa shape index (κ3) is 3.41. The van der Waals surface area contributed by atoms with Crippen LogP contribution in [0.25, 0.3) is 11.1 Å². The van der Waals surface area contributed by atoms with Crippen LogP contribution in [-0.2, 0) is 0 Å². The first-order valence-corrected chi connectivity index (χ1v) is 6.67. The zero-order valence-corrected chi connectivity index (χ0v) is 12.1. The van der Waals surface area contributed by atoms with Crippen molar-refractivity contribution in [3.63, 3.8) is 0 Å². The lowest BCUT2D eigenvalue weighted by Gasteiger charge is -2.11. The van der Waals surface area contributed by atoms with Crippen molar-refractivity contribution in [3.05, 3.63) is 58.1 Å². The number of nitro benzene ring substituents is 1. The molecule has 22 heavy (non-hydrogen) atoms. The number of hydrogen-bond donors (Lipinski definition) is 1. The van der Waals surface area contributed by atoms with Gasteiger partial charge in [-0.05, 0) is 43.2 Å². The Hall–Kier alpha value is -2.89. The zero-order chi connectivity index (χ0) is 16.3. The number of carboxylic acids is 1. The van der Waals surface area contributed by atoms with E-state index in [1.54, 1.807) is 38.1 Å². The molecule has 0 aliphatic heterocycles. The van der Waals surface area contributed by atoms with E-state index < -0.39 is 10.9 Å². The summed E-state index contributed by atoms with van der Waals surface area (Å²) in [6, 6.07) is 10.8. The van der Waals surface area contributed by atoms with E-state index in [0.717, 1.165) is 0 Å². The Bertz CT molecular complexity index is 707. The predicted octanol–water partition coefficient (Wildman–Crippen LogP) is 3.75. The minimum absolute atomic E-state index is 0.117. The van der Waals surface area contributed by atoms with Crippen LogP contribution in [-0.4, -0.2) is 22.1 Å². The van der Waals surface area contributed by atoms with E-state index in [9.17, 15) is 14.9 Å². The van der Waals surface area contributed by atoms with Crippen LogP contribution in [0.3, 0.4) is 0 Å². The summed E-state index contributed by atoms with van der Waals surface area (Å²) in [6.45, 7) is 3.59. The number of carbonyl (C=O) groups is 1. The molecule has 6 heteroatoms. The van der Waals surface area contributed by atoms with Crippen molar-refractivity contribution >= 4 is 11.7 Å². The standard InChI is InChI=1S/C16H15NO5/c1-10(2)22-15-8-7-13(9-14(15)17(20)21)11-3-5-12(6-4-11)16(18)19/h3-10H,1-2H3,(H,18,19). The maximum absolute atomic E-state index is 11.2. The molecule has 0 aromatic heterocycles. The fraction of sp³-hybridized carbons (Fsp3) is 0.188. The monoisotopic (exact) mass is 301 g/mol. The van der Waals surface area contributed by atoms with Gasteiger partial charge in [-0.15, -0.1) is 0 Å². The number of carboxylic acid groups (broad SMARTS) is 1. The van der Waals surface area contributed by atoms with Gasteiger partial charge in [0, 0.05) is 6.07 Å². The van der Waals surface area contributed by atoms with E-state index in [2.05, 4.69) is 0 Å². The fourth-order valence-electron chi connectivity index (χ4n) is 2.00. The highest BCUT2D eigenvalue weighted by Gasteiger charge is 2.17. The summed E-state index contributed by atoms with van der Waals surface area (Å²) >= 11 is 0. The fourth-order valence-corrected chi connectivity index (χ4v) is 2.00. The highest BCUT2D eigenvalue weighted by atomic mass is 16.6. The van der Waals surface area contributed by atoms with Crippen molar-refractivity contribution in [2.45, 2.75) is 20.0 Å². The molecule has 0 bridgehead atoms. The van der Waals surface area contributed by atoms with E-state index in [-0.39, 0.29) is 23.1 Å². The van der Waals surface area contributed by atoms with Crippen LogP contribution in [0.5, 0.6) is 5.75 Å². The number of nitro groups is 1. The molecule has 114 valence electrons. The minimum Gasteiger partial charge on any atom is -0.484 e. The molecule has 0 fully saturated rings. The van der Waals surface area contributed by atoms with Crippen LogP contribution < -0.4 is 4.74 Å².